The van der Waals surface area contributed by atoms with Crippen LogP contribution in [0.15, 0.2) is 152 Å². The van der Waals surface area contributed by atoms with Crippen molar-refractivity contribution in [1.82, 2.24) is 14.1 Å². The molecule has 0 bridgehead atoms. The molecule has 2 aliphatic rings. The van der Waals surface area contributed by atoms with Gasteiger partial charge in [-0.15, -0.1) is 41.4 Å². The van der Waals surface area contributed by atoms with Crippen LogP contribution in [-0.4, -0.2) is 21.2 Å². The van der Waals surface area contributed by atoms with Gasteiger partial charge < -0.3 is 23.7 Å². The minimum Gasteiger partial charge on any atom is -0.509 e. The van der Waals surface area contributed by atoms with Crippen LogP contribution in [0.2, 0.25) is 0 Å². The van der Waals surface area contributed by atoms with Crippen molar-refractivity contribution >= 4 is 60.7 Å². The third-order valence-electron chi connectivity index (χ3n) is 12.1. The number of rotatable bonds is 4. The van der Waals surface area contributed by atoms with Crippen LogP contribution in [0.5, 0.6) is 11.5 Å². The third kappa shape index (κ3) is 5.40. The van der Waals surface area contributed by atoms with E-state index in [4.69, 9.17) is 9.72 Å². The van der Waals surface area contributed by atoms with Gasteiger partial charge in [-0.1, -0.05) is 99.1 Å². The summed E-state index contributed by atoms with van der Waals surface area (Å²) in [5.74, 6) is 2.05. The molecule has 6 nitrogen and oxygen atoms in total. The van der Waals surface area contributed by atoms with Crippen molar-refractivity contribution in [2.75, 3.05) is 16.8 Å². The summed E-state index contributed by atoms with van der Waals surface area (Å²) in [6.07, 6.45) is 1.93. The molecule has 0 N–H and O–H groups in total. The number of anilines is 3. The largest absolute Gasteiger partial charge is 0.509 e. The first-order valence-corrected chi connectivity index (χ1v) is 20.1. The van der Waals surface area contributed by atoms with Crippen LogP contribution in [0.3, 0.4) is 0 Å². The van der Waals surface area contributed by atoms with Gasteiger partial charge >= 0.3 is 0 Å². The fourth-order valence-electron chi connectivity index (χ4n) is 9.31. The molecular weight excluding hydrogens is 918 g/mol. The fourth-order valence-corrected chi connectivity index (χ4v) is 9.31. The normalized spacial score (nSPS) is 13.1. The van der Waals surface area contributed by atoms with Crippen molar-refractivity contribution in [3.05, 3.63) is 176 Å². The van der Waals surface area contributed by atoms with E-state index in [0.29, 0.717) is 11.5 Å². The number of ether oxygens (including phenoxy) is 1. The van der Waals surface area contributed by atoms with Gasteiger partial charge in [0.1, 0.15) is 5.82 Å². The molecule has 7 heteroatoms. The Kier molecular flexibility index (Phi) is 8.17. The molecule has 2 aliphatic heterocycles. The summed E-state index contributed by atoms with van der Waals surface area (Å²) in [5.41, 5.74) is 14.6. The van der Waals surface area contributed by atoms with Gasteiger partial charge in [-0.25, -0.2) is 4.98 Å². The summed E-state index contributed by atoms with van der Waals surface area (Å²) >= 11 is 0. The van der Waals surface area contributed by atoms with Gasteiger partial charge in [0.2, 0.25) is 0 Å². The summed E-state index contributed by atoms with van der Waals surface area (Å²) in [6.45, 7) is 8.81. The van der Waals surface area contributed by atoms with Crippen molar-refractivity contribution in [3.8, 4) is 45.3 Å². The maximum Gasteiger partial charge on any atom is 0.135 e. The molecular formula is C53H38N5OPt-3. The predicted octanol–water partition coefficient (Wildman–Crippen LogP) is 13.3. The SMILES string of the molecule is CN1[CH-]N(c2[c-]c(Oc3[c-]c4c(cc3)c3cc5c(cc3n4-c3cc(C(C)(C)C)ccn3)-c3ccccc3-c3cccc4c6ccccc6n-5c34)ccc2)c2ccccc21.[Pt]. The molecule has 294 valence electrons. The molecule has 0 spiro atoms. The predicted molar refractivity (Wildman–Crippen MR) is 242 cm³/mol. The van der Waals surface area contributed by atoms with Crippen LogP contribution in [-0.2, 0) is 26.5 Å². The fraction of sp³-hybridized carbons (Fsp3) is 0.0943. The van der Waals surface area contributed by atoms with Gasteiger partial charge in [0.25, 0.3) is 0 Å². The number of benzene rings is 7. The van der Waals surface area contributed by atoms with Gasteiger partial charge in [0, 0.05) is 77.6 Å². The first-order chi connectivity index (χ1) is 28.8. The monoisotopic (exact) mass is 955 g/mol. The van der Waals surface area contributed by atoms with Crippen LogP contribution in [0.1, 0.15) is 26.3 Å². The quantitative estimate of drug-likeness (QED) is 0.165. The molecule has 0 saturated heterocycles. The van der Waals surface area contributed by atoms with E-state index in [9.17, 15) is 0 Å². The number of para-hydroxylation sites is 4. The number of hydrogen-bond donors (Lipinski definition) is 0. The Hall–Kier alpha value is -6.62. The topological polar surface area (TPSA) is 38.5 Å². The molecule has 5 heterocycles. The summed E-state index contributed by atoms with van der Waals surface area (Å²) in [7, 11) is 2.06. The summed E-state index contributed by atoms with van der Waals surface area (Å²) in [4.78, 5) is 9.30. The number of pyridine rings is 1. The van der Waals surface area contributed by atoms with Gasteiger partial charge in [0.05, 0.1) is 16.7 Å². The molecule has 0 aliphatic carbocycles. The Balaban J connectivity index is 0.00000408. The number of fused-ring (bicyclic) bond motifs is 12. The molecule has 60 heavy (non-hydrogen) atoms. The minimum atomic E-state index is -0.0694. The second-order valence-electron chi connectivity index (χ2n) is 16.6. The Bertz CT molecular complexity index is 3370. The molecule has 12 rings (SSSR count). The van der Waals surface area contributed by atoms with E-state index >= 15 is 0 Å². The Morgan fingerprint density at radius 2 is 1.28 bits per heavy atom. The van der Waals surface area contributed by atoms with E-state index in [0.717, 1.165) is 55.9 Å². The second-order valence-corrected chi connectivity index (χ2v) is 16.6. The van der Waals surface area contributed by atoms with E-state index in [2.05, 4.69) is 193 Å². The zero-order chi connectivity index (χ0) is 39.6. The zero-order valence-corrected chi connectivity index (χ0v) is 35.7. The van der Waals surface area contributed by atoms with Crippen LogP contribution < -0.4 is 14.5 Å². The van der Waals surface area contributed by atoms with Crippen LogP contribution in [0, 0.1) is 18.8 Å². The molecule has 0 fully saturated rings. The van der Waals surface area contributed by atoms with Crippen LogP contribution in [0.4, 0.5) is 17.1 Å². The first kappa shape index (κ1) is 36.5. The van der Waals surface area contributed by atoms with Crippen molar-refractivity contribution < 1.29 is 25.8 Å². The van der Waals surface area contributed by atoms with Crippen molar-refractivity contribution in [3.63, 3.8) is 0 Å². The smallest absolute Gasteiger partial charge is 0.135 e. The Labute approximate surface area is 363 Å². The Morgan fingerprint density at radius 3 is 2.13 bits per heavy atom. The summed E-state index contributed by atoms with van der Waals surface area (Å²) in [6, 6.07) is 59.2. The van der Waals surface area contributed by atoms with E-state index in [1.165, 1.54) is 44.1 Å². The average Bonchev–Trinajstić information content (AvgIpc) is 3.86. The first-order valence-electron chi connectivity index (χ1n) is 20.1. The standard InChI is InChI=1S/C53H38N5O.Pt/c1-53(2,3)33-25-26-54-51(27-33)57-48-29-36(59-35-14-11-13-34(28-35)56-32-55(4)46-21-9-10-22-47(46)56)23-24-40(48)44-31-50-43(30-49(44)57)38-16-6-5-15-37(38)41-18-12-19-42-39-17-7-8-20-45(39)58(50)52(41)42;/h5-27,30-32H,1-4H3;/q-3;. The van der Waals surface area contributed by atoms with E-state index < -0.39 is 0 Å². The molecule has 7 aromatic carbocycles. The summed E-state index contributed by atoms with van der Waals surface area (Å²) in [5, 5.41) is 4.69. The number of nitrogens with zero attached hydrogens (tertiary/aromatic N) is 5. The number of aromatic nitrogens is 3. The summed E-state index contributed by atoms with van der Waals surface area (Å²) < 4.78 is 11.4. The van der Waals surface area contributed by atoms with Crippen molar-refractivity contribution in [2.24, 2.45) is 0 Å². The maximum atomic E-state index is 6.64. The molecule has 10 aromatic rings. The molecule has 0 radical (unpaired) electrons. The molecule has 0 saturated carbocycles. The van der Waals surface area contributed by atoms with E-state index in [1.54, 1.807) is 0 Å². The average molecular weight is 956 g/mol. The zero-order valence-electron chi connectivity index (χ0n) is 33.5. The van der Waals surface area contributed by atoms with Crippen LogP contribution in [0.25, 0.3) is 77.4 Å². The van der Waals surface area contributed by atoms with E-state index in [-0.39, 0.29) is 26.5 Å². The second kappa shape index (κ2) is 13.5. The molecule has 0 atom stereocenters. The molecule has 0 amide bonds. The van der Waals surface area contributed by atoms with E-state index in [1.807, 2.05) is 24.4 Å². The van der Waals surface area contributed by atoms with Crippen molar-refractivity contribution in [2.45, 2.75) is 26.2 Å². The molecule has 0 unspecified atom stereocenters. The van der Waals surface area contributed by atoms with Gasteiger partial charge in [-0.2, -0.15) is 18.8 Å². The third-order valence-corrected chi connectivity index (χ3v) is 12.1. The van der Waals surface area contributed by atoms with Crippen LogP contribution >= 0.6 is 0 Å². The molecule has 3 aromatic heterocycles. The van der Waals surface area contributed by atoms with Gasteiger partial charge in [-0.3, -0.25) is 0 Å². The van der Waals surface area contributed by atoms with Gasteiger partial charge in [0.15, 0.2) is 0 Å². The van der Waals surface area contributed by atoms with Gasteiger partial charge in [-0.05, 0) is 77.0 Å². The minimum absolute atomic E-state index is 0. The Morgan fingerprint density at radius 1 is 0.567 bits per heavy atom. The van der Waals surface area contributed by atoms with Crippen molar-refractivity contribution in [1.29, 1.82) is 0 Å². The maximum absolute atomic E-state index is 6.64. The number of hydrogen-bond acceptors (Lipinski definition) is 4.